The van der Waals surface area contributed by atoms with Crippen LogP contribution in [0, 0.1) is 20.8 Å². The van der Waals surface area contributed by atoms with Crippen molar-refractivity contribution in [2.45, 2.75) is 25.7 Å². The van der Waals surface area contributed by atoms with Gasteiger partial charge in [0.15, 0.2) is 5.76 Å². The lowest BCUT2D eigenvalue weighted by molar-refractivity contribution is 0.0702. The number of amides is 1. The monoisotopic (exact) mass is 370 g/mol. The smallest absolute Gasteiger partial charge is 0.265 e. The normalized spacial score (nSPS) is 16.5. The standard InChI is InChI=1S/C14H18N4O4S2/c1-9-13(10(2)22-16-9)24(20,21)18-6-4-17(5-7-18)14(19)12-8-15-11(3)23-12/h8H,4-7H2,1-3H3. The number of nitrogens with zero attached hydrogens (tertiary/aromatic N) is 4. The van der Waals surface area contributed by atoms with Crippen molar-refractivity contribution in [3.63, 3.8) is 0 Å². The Labute approximate surface area is 144 Å². The highest BCUT2D eigenvalue weighted by Gasteiger charge is 2.34. The van der Waals surface area contributed by atoms with Gasteiger partial charge < -0.3 is 9.42 Å². The molecule has 0 unspecified atom stereocenters. The Kier molecular flexibility index (Phi) is 4.45. The third-order valence-corrected chi connectivity index (χ3v) is 6.97. The van der Waals surface area contributed by atoms with Crippen molar-refractivity contribution < 1.29 is 17.7 Å². The van der Waals surface area contributed by atoms with E-state index in [9.17, 15) is 13.2 Å². The van der Waals surface area contributed by atoms with E-state index >= 15 is 0 Å². The molecule has 0 N–H and O–H groups in total. The Bertz CT molecular complexity index is 844. The van der Waals surface area contributed by atoms with E-state index in [1.54, 1.807) is 24.9 Å². The van der Waals surface area contributed by atoms with Crippen LogP contribution in [0.1, 0.15) is 26.1 Å². The third-order valence-electron chi connectivity index (χ3n) is 3.92. The number of carbonyl (C=O) groups excluding carboxylic acids is 1. The lowest BCUT2D eigenvalue weighted by Gasteiger charge is -2.33. The van der Waals surface area contributed by atoms with Gasteiger partial charge >= 0.3 is 0 Å². The van der Waals surface area contributed by atoms with E-state index in [1.807, 2.05) is 6.92 Å². The van der Waals surface area contributed by atoms with Crippen LogP contribution < -0.4 is 0 Å². The fourth-order valence-electron chi connectivity index (χ4n) is 2.72. The second kappa shape index (κ2) is 6.26. The van der Waals surface area contributed by atoms with Gasteiger partial charge in [0.05, 0.1) is 11.2 Å². The fraction of sp³-hybridized carbons (Fsp3) is 0.500. The zero-order valence-electron chi connectivity index (χ0n) is 13.6. The van der Waals surface area contributed by atoms with Gasteiger partial charge in [-0.1, -0.05) is 5.16 Å². The fourth-order valence-corrected chi connectivity index (χ4v) is 5.18. The van der Waals surface area contributed by atoms with Crippen LogP contribution >= 0.6 is 11.3 Å². The first-order chi connectivity index (χ1) is 11.3. The molecule has 1 saturated heterocycles. The van der Waals surface area contributed by atoms with E-state index in [2.05, 4.69) is 10.1 Å². The van der Waals surface area contributed by atoms with Crippen LogP contribution in [-0.4, -0.2) is 59.8 Å². The molecule has 0 atom stereocenters. The van der Waals surface area contributed by atoms with E-state index in [0.717, 1.165) is 5.01 Å². The Morgan fingerprint density at radius 1 is 1.21 bits per heavy atom. The summed E-state index contributed by atoms with van der Waals surface area (Å²) >= 11 is 1.34. The number of sulfonamides is 1. The topological polar surface area (TPSA) is 96.6 Å². The van der Waals surface area contributed by atoms with Gasteiger partial charge in [-0.2, -0.15) is 4.31 Å². The maximum atomic E-state index is 12.8. The summed E-state index contributed by atoms with van der Waals surface area (Å²) in [7, 11) is -3.66. The van der Waals surface area contributed by atoms with Gasteiger partial charge in [-0.25, -0.2) is 13.4 Å². The van der Waals surface area contributed by atoms with Crippen molar-refractivity contribution in [1.29, 1.82) is 0 Å². The molecule has 130 valence electrons. The SMILES string of the molecule is Cc1ncc(C(=O)N2CCN(S(=O)(=O)c3c(C)noc3C)CC2)s1. The molecule has 1 amide bonds. The summed E-state index contributed by atoms with van der Waals surface area (Å²) in [5.74, 6) is 0.182. The molecule has 3 rings (SSSR count). The number of carbonyl (C=O) groups is 1. The highest BCUT2D eigenvalue weighted by Crippen LogP contribution is 2.24. The number of hydrogen-bond acceptors (Lipinski definition) is 7. The highest BCUT2D eigenvalue weighted by molar-refractivity contribution is 7.89. The Morgan fingerprint density at radius 3 is 2.38 bits per heavy atom. The highest BCUT2D eigenvalue weighted by atomic mass is 32.2. The summed E-state index contributed by atoms with van der Waals surface area (Å²) in [5.41, 5.74) is 0.353. The van der Waals surface area contributed by atoms with E-state index in [4.69, 9.17) is 4.52 Å². The van der Waals surface area contributed by atoms with Crippen LogP contribution in [0.25, 0.3) is 0 Å². The second-order valence-electron chi connectivity index (χ2n) is 5.59. The van der Waals surface area contributed by atoms with Gasteiger partial charge in [-0.05, 0) is 20.8 Å². The predicted molar refractivity (Wildman–Crippen MR) is 87.5 cm³/mol. The Morgan fingerprint density at radius 2 is 1.88 bits per heavy atom. The summed E-state index contributed by atoms with van der Waals surface area (Å²) < 4.78 is 31.9. The molecule has 10 heteroatoms. The minimum absolute atomic E-state index is 0.102. The van der Waals surface area contributed by atoms with Crippen molar-refractivity contribution >= 4 is 27.3 Å². The number of aromatic nitrogens is 2. The van der Waals surface area contributed by atoms with Crippen molar-refractivity contribution in [2.75, 3.05) is 26.2 Å². The molecule has 1 aliphatic heterocycles. The first kappa shape index (κ1) is 17.1. The molecule has 3 heterocycles. The molecule has 0 bridgehead atoms. The van der Waals surface area contributed by atoms with E-state index in [-0.39, 0.29) is 29.7 Å². The Hall–Kier alpha value is -1.78. The first-order valence-electron chi connectivity index (χ1n) is 7.45. The summed E-state index contributed by atoms with van der Waals surface area (Å²) in [6, 6.07) is 0. The maximum absolute atomic E-state index is 12.8. The molecule has 0 aromatic carbocycles. The molecule has 0 aliphatic carbocycles. The maximum Gasteiger partial charge on any atom is 0.265 e. The summed E-state index contributed by atoms with van der Waals surface area (Å²) in [5, 5.41) is 4.54. The predicted octanol–water partition coefficient (Wildman–Crippen LogP) is 1.20. The van der Waals surface area contributed by atoms with Gasteiger partial charge in [-0.3, -0.25) is 4.79 Å². The minimum Gasteiger partial charge on any atom is -0.360 e. The number of piperazine rings is 1. The molecule has 0 saturated carbocycles. The molecular weight excluding hydrogens is 352 g/mol. The molecule has 1 aliphatic rings. The zero-order valence-corrected chi connectivity index (χ0v) is 15.3. The third kappa shape index (κ3) is 2.96. The lowest BCUT2D eigenvalue weighted by Crippen LogP contribution is -2.50. The number of aryl methyl sites for hydroxylation is 3. The largest absolute Gasteiger partial charge is 0.360 e. The average Bonchev–Trinajstić information content (AvgIpc) is 3.12. The lowest BCUT2D eigenvalue weighted by atomic mass is 10.3. The molecule has 0 spiro atoms. The van der Waals surface area contributed by atoms with Crippen molar-refractivity contribution in [1.82, 2.24) is 19.3 Å². The van der Waals surface area contributed by atoms with Crippen LogP contribution in [0.2, 0.25) is 0 Å². The van der Waals surface area contributed by atoms with Crippen LogP contribution in [0.4, 0.5) is 0 Å². The van der Waals surface area contributed by atoms with E-state index in [1.165, 1.54) is 15.6 Å². The molecule has 0 radical (unpaired) electrons. The van der Waals surface area contributed by atoms with Crippen LogP contribution in [0.3, 0.4) is 0 Å². The van der Waals surface area contributed by atoms with Crippen molar-refractivity contribution in [3.05, 3.63) is 27.5 Å². The summed E-state index contributed by atoms with van der Waals surface area (Å²) in [4.78, 5) is 18.9. The van der Waals surface area contributed by atoms with Gasteiger partial charge in [0.25, 0.3) is 5.91 Å². The number of rotatable bonds is 3. The first-order valence-corrected chi connectivity index (χ1v) is 9.71. The van der Waals surface area contributed by atoms with Gasteiger partial charge in [-0.15, -0.1) is 11.3 Å². The summed E-state index contributed by atoms with van der Waals surface area (Å²) in [6.45, 7) is 6.21. The van der Waals surface area contributed by atoms with Gasteiger partial charge in [0, 0.05) is 26.2 Å². The van der Waals surface area contributed by atoms with Crippen molar-refractivity contribution in [2.24, 2.45) is 0 Å². The van der Waals surface area contributed by atoms with Gasteiger partial charge in [0.2, 0.25) is 10.0 Å². The average molecular weight is 370 g/mol. The van der Waals surface area contributed by atoms with E-state index in [0.29, 0.717) is 23.7 Å². The van der Waals surface area contributed by atoms with Crippen LogP contribution in [0.5, 0.6) is 0 Å². The Balaban J connectivity index is 1.72. The minimum atomic E-state index is -3.66. The van der Waals surface area contributed by atoms with Crippen molar-refractivity contribution in [3.8, 4) is 0 Å². The second-order valence-corrected chi connectivity index (χ2v) is 8.70. The van der Waals surface area contributed by atoms with Crippen LogP contribution in [0.15, 0.2) is 15.6 Å². The van der Waals surface area contributed by atoms with Crippen LogP contribution in [-0.2, 0) is 10.0 Å². The van der Waals surface area contributed by atoms with E-state index < -0.39 is 10.0 Å². The number of hydrogen-bond donors (Lipinski definition) is 0. The molecule has 1 fully saturated rings. The van der Waals surface area contributed by atoms with Gasteiger partial charge in [0.1, 0.15) is 15.5 Å². The molecule has 24 heavy (non-hydrogen) atoms. The molecule has 2 aromatic heterocycles. The molecule has 2 aromatic rings. The molecule has 8 nitrogen and oxygen atoms in total. The molecular formula is C14H18N4O4S2. The summed E-state index contributed by atoms with van der Waals surface area (Å²) in [6.07, 6.45) is 1.56. The quantitative estimate of drug-likeness (QED) is 0.805. The zero-order chi connectivity index (χ0) is 17.5. The number of thiazole rings is 1.